The Hall–Kier alpha value is -0.860. The van der Waals surface area contributed by atoms with Crippen LogP contribution in [0, 0.1) is 5.92 Å². The van der Waals surface area contributed by atoms with Crippen LogP contribution in [0.4, 0.5) is 0 Å². The van der Waals surface area contributed by atoms with Crippen molar-refractivity contribution >= 4 is 11.8 Å². The molecular formula is C22H42O3. The summed E-state index contributed by atoms with van der Waals surface area (Å²) in [6.45, 7) is 4.38. The minimum absolute atomic E-state index is 0.00837. The fourth-order valence-corrected chi connectivity index (χ4v) is 3.31. The highest BCUT2D eigenvalue weighted by Crippen LogP contribution is 2.17. The molecule has 25 heavy (non-hydrogen) atoms. The summed E-state index contributed by atoms with van der Waals surface area (Å²) >= 11 is 0. The van der Waals surface area contributed by atoms with Crippen molar-refractivity contribution in [2.75, 3.05) is 7.11 Å². The van der Waals surface area contributed by atoms with E-state index in [2.05, 4.69) is 18.6 Å². The Kier molecular flexibility index (Phi) is 17.3. The van der Waals surface area contributed by atoms with E-state index in [9.17, 15) is 9.59 Å². The number of unbranched alkanes of at least 4 members (excludes halogenated alkanes) is 12. The Labute approximate surface area is 156 Å². The van der Waals surface area contributed by atoms with Crippen molar-refractivity contribution in [3.63, 3.8) is 0 Å². The number of hydrogen-bond donors (Lipinski definition) is 0. The minimum Gasteiger partial charge on any atom is -0.469 e. The van der Waals surface area contributed by atoms with Crippen LogP contribution in [0.25, 0.3) is 0 Å². The SMILES string of the molecule is CCCCCCCCCCCCCCC[C@@H](C)CC(=O)CC(=O)OC. The van der Waals surface area contributed by atoms with Crippen molar-refractivity contribution in [1.29, 1.82) is 0 Å². The first-order valence-electron chi connectivity index (χ1n) is 10.7. The van der Waals surface area contributed by atoms with Crippen LogP contribution in [0.15, 0.2) is 0 Å². The van der Waals surface area contributed by atoms with Crippen molar-refractivity contribution in [1.82, 2.24) is 0 Å². The molecule has 0 aliphatic rings. The second-order valence-corrected chi connectivity index (χ2v) is 7.63. The first kappa shape index (κ1) is 24.1. The van der Waals surface area contributed by atoms with Crippen LogP contribution in [-0.2, 0) is 14.3 Å². The Morgan fingerprint density at radius 1 is 0.760 bits per heavy atom. The van der Waals surface area contributed by atoms with Gasteiger partial charge in [0.15, 0.2) is 0 Å². The number of carbonyl (C=O) groups is 2. The molecule has 0 amide bonds. The van der Waals surface area contributed by atoms with Gasteiger partial charge in [-0.25, -0.2) is 0 Å². The maximum absolute atomic E-state index is 11.7. The van der Waals surface area contributed by atoms with Gasteiger partial charge in [-0.3, -0.25) is 9.59 Å². The van der Waals surface area contributed by atoms with Crippen LogP contribution in [0.3, 0.4) is 0 Å². The standard InChI is InChI=1S/C22H42O3/c1-4-5-6-7-8-9-10-11-12-13-14-15-16-17-20(2)18-21(23)19-22(24)25-3/h20H,4-19H2,1-3H3/t20-/m1/s1. The van der Waals surface area contributed by atoms with E-state index in [0.29, 0.717) is 12.3 Å². The summed E-state index contributed by atoms with van der Waals surface area (Å²) in [6.07, 6.45) is 19.3. The van der Waals surface area contributed by atoms with Crippen LogP contribution in [-0.4, -0.2) is 18.9 Å². The van der Waals surface area contributed by atoms with Crippen LogP contribution in [0.2, 0.25) is 0 Å². The quantitative estimate of drug-likeness (QED) is 0.158. The molecule has 1 atom stereocenters. The highest BCUT2D eigenvalue weighted by molar-refractivity contribution is 5.95. The Bertz CT molecular complexity index is 325. The van der Waals surface area contributed by atoms with E-state index in [1.807, 2.05) is 0 Å². The number of ketones is 1. The largest absolute Gasteiger partial charge is 0.469 e. The molecule has 0 saturated carbocycles. The Balaban J connectivity index is 3.29. The summed E-state index contributed by atoms with van der Waals surface area (Å²) in [7, 11) is 1.33. The molecule has 0 aliphatic carbocycles. The maximum Gasteiger partial charge on any atom is 0.313 e. The molecule has 0 rings (SSSR count). The number of esters is 1. The van der Waals surface area contributed by atoms with E-state index in [1.165, 1.54) is 90.6 Å². The lowest BCUT2D eigenvalue weighted by Gasteiger charge is -2.10. The number of ether oxygens (including phenoxy) is 1. The van der Waals surface area contributed by atoms with Crippen LogP contribution >= 0.6 is 0 Å². The molecule has 0 N–H and O–H groups in total. The molecule has 0 aromatic heterocycles. The predicted molar refractivity (Wildman–Crippen MR) is 106 cm³/mol. The summed E-state index contributed by atoms with van der Waals surface area (Å²) in [5, 5.41) is 0. The third-order valence-corrected chi connectivity index (χ3v) is 4.95. The van der Waals surface area contributed by atoms with Gasteiger partial charge < -0.3 is 4.74 Å². The van der Waals surface area contributed by atoms with Crippen LogP contribution in [0.1, 0.15) is 117 Å². The molecule has 0 saturated heterocycles. The topological polar surface area (TPSA) is 43.4 Å². The molecule has 148 valence electrons. The lowest BCUT2D eigenvalue weighted by molar-refractivity contribution is -0.143. The van der Waals surface area contributed by atoms with Gasteiger partial charge in [0.25, 0.3) is 0 Å². The summed E-state index contributed by atoms with van der Waals surface area (Å²) in [5.74, 6) is -0.0305. The molecule has 3 heteroatoms. The van der Waals surface area contributed by atoms with E-state index >= 15 is 0 Å². The van der Waals surface area contributed by atoms with Gasteiger partial charge in [0.1, 0.15) is 12.2 Å². The summed E-state index contributed by atoms with van der Waals surface area (Å²) in [6, 6.07) is 0. The highest BCUT2D eigenvalue weighted by atomic mass is 16.5. The number of methoxy groups -OCH3 is 1. The molecule has 0 spiro atoms. The lowest BCUT2D eigenvalue weighted by atomic mass is 9.96. The molecule has 0 radical (unpaired) electrons. The molecular weight excluding hydrogens is 312 g/mol. The van der Waals surface area contributed by atoms with Gasteiger partial charge in [0, 0.05) is 6.42 Å². The lowest BCUT2D eigenvalue weighted by Crippen LogP contribution is -2.12. The van der Waals surface area contributed by atoms with E-state index in [1.54, 1.807) is 0 Å². The minimum atomic E-state index is -0.418. The first-order chi connectivity index (χ1) is 12.1. The summed E-state index contributed by atoms with van der Waals surface area (Å²) in [5.41, 5.74) is 0. The van der Waals surface area contributed by atoms with Crippen molar-refractivity contribution in [2.45, 2.75) is 117 Å². The van der Waals surface area contributed by atoms with Gasteiger partial charge in [0.05, 0.1) is 7.11 Å². The van der Waals surface area contributed by atoms with Gasteiger partial charge in [0.2, 0.25) is 0 Å². The van der Waals surface area contributed by atoms with Crippen molar-refractivity contribution < 1.29 is 14.3 Å². The van der Waals surface area contributed by atoms with E-state index in [-0.39, 0.29) is 12.2 Å². The van der Waals surface area contributed by atoms with Crippen LogP contribution in [0.5, 0.6) is 0 Å². The zero-order valence-corrected chi connectivity index (χ0v) is 17.1. The third-order valence-electron chi connectivity index (χ3n) is 4.95. The number of rotatable bonds is 18. The predicted octanol–water partition coefficient (Wildman–Crippen LogP) is 6.63. The zero-order valence-electron chi connectivity index (χ0n) is 17.1. The normalized spacial score (nSPS) is 12.1. The second kappa shape index (κ2) is 17.9. The van der Waals surface area contributed by atoms with Crippen molar-refractivity contribution in [2.24, 2.45) is 5.92 Å². The summed E-state index contributed by atoms with van der Waals surface area (Å²) < 4.78 is 4.52. The molecule has 0 aromatic carbocycles. The number of carbonyl (C=O) groups excluding carboxylic acids is 2. The van der Waals surface area contributed by atoms with Gasteiger partial charge in [-0.1, -0.05) is 104 Å². The first-order valence-corrected chi connectivity index (χ1v) is 10.7. The fourth-order valence-electron chi connectivity index (χ4n) is 3.31. The van der Waals surface area contributed by atoms with Gasteiger partial charge in [-0.15, -0.1) is 0 Å². The Morgan fingerprint density at radius 2 is 1.20 bits per heavy atom. The monoisotopic (exact) mass is 354 g/mol. The van der Waals surface area contributed by atoms with Gasteiger partial charge >= 0.3 is 5.97 Å². The maximum atomic E-state index is 11.7. The molecule has 0 unspecified atom stereocenters. The van der Waals surface area contributed by atoms with Crippen molar-refractivity contribution in [3.05, 3.63) is 0 Å². The van der Waals surface area contributed by atoms with Gasteiger partial charge in [-0.2, -0.15) is 0 Å². The Morgan fingerprint density at radius 3 is 1.64 bits per heavy atom. The summed E-state index contributed by atoms with van der Waals surface area (Å²) in [4.78, 5) is 22.7. The third kappa shape index (κ3) is 17.7. The molecule has 0 aromatic rings. The zero-order chi connectivity index (χ0) is 18.8. The highest BCUT2D eigenvalue weighted by Gasteiger charge is 2.13. The van der Waals surface area contributed by atoms with E-state index in [4.69, 9.17) is 0 Å². The van der Waals surface area contributed by atoms with E-state index < -0.39 is 5.97 Å². The van der Waals surface area contributed by atoms with Gasteiger partial charge in [-0.05, 0) is 5.92 Å². The molecule has 0 fully saturated rings. The fraction of sp³-hybridized carbons (Fsp3) is 0.909. The molecule has 3 nitrogen and oxygen atoms in total. The molecule has 0 bridgehead atoms. The van der Waals surface area contributed by atoms with Crippen LogP contribution < -0.4 is 0 Å². The average molecular weight is 355 g/mol. The number of Topliss-reactive ketones (excluding diaryl/α,β-unsaturated/α-hetero) is 1. The molecule has 0 heterocycles. The smallest absolute Gasteiger partial charge is 0.313 e. The number of hydrogen-bond acceptors (Lipinski definition) is 3. The molecule has 0 aliphatic heterocycles. The van der Waals surface area contributed by atoms with Crippen molar-refractivity contribution in [3.8, 4) is 0 Å². The average Bonchev–Trinajstić information content (AvgIpc) is 2.58. The second-order valence-electron chi connectivity index (χ2n) is 7.63. The van der Waals surface area contributed by atoms with E-state index in [0.717, 1.165) is 6.42 Å².